The maximum absolute atomic E-state index is 11.9. The molecule has 2 aromatic rings. The number of amides is 1. The SMILES string of the molecule is Cn1ccc(CCNC(=O)c2cc(Br)cnc2Cl)n1. The summed E-state index contributed by atoms with van der Waals surface area (Å²) >= 11 is 9.14. The van der Waals surface area contributed by atoms with Crippen molar-refractivity contribution in [1.29, 1.82) is 0 Å². The van der Waals surface area contributed by atoms with Gasteiger partial charge in [0.1, 0.15) is 5.15 Å². The Kier molecular flexibility index (Phi) is 4.55. The van der Waals surface area contributed by atoms with E-state index in [1.54, 1.807) is 16.9 Å². The monoisotopic (exact) mass is 342 g/mol. The Morgan fingerprint density at radius 1 is 1.58 bits per heavy atom. The smallest absolute Gasteiger partial charge is 0.254 e. The quantitative estimate of drug-likeness (QED) is 0.866. The van der Waals surface area contributed by atoms with E-state index in [0.29, 0.717) is 23.0 Å². The standard InChI is InChI=1S/C12H12BrClN4O/c1-18-5-3-9(17-18)2-4-15-12(19)10-6-8(13)7-16-11(10)14/h3,5-7H,2,4H2,1H3,(H,15,19). The van der Waals surface area contributed by atoms with Crippen molar-refractivity contribution in [2.24, 2.45) is 7.05 Å². The van der Waals surface area contributed by atoms with E-state index < -0.39 is 0 Å². The minimum Gasteiger partial charge on any atom is -0.352 e. The molecular formula is C12H12BrClN4O. The van der Waals surface area contributed by atoms with E-state index in [9.17, 15) is 4.79 Å². The summed E-state index contributed by atoms with van der Waals surface area (Å²) in [6.45, 7) is 0.499. The Morgan fingerprint density at radius 2 is 2.37 bits per heavy atom. The zero-order valence-electron chi connectivity index (χ0n) is 10.2. The number of halogens is 2. The molecule has 0 saturated heterocycles. The fraction of sp³-hybridized carbons (Fsp3) is 0.250. The summed E-state index contributed by atoms with van der Waals surface area (Å²) in [5, 5.41) is 7.22. The molecule has 19 heavy (non-hydrogen) atoms. The van der Waals surface area contributed by atoms with E-state index in [-0.39, 0.29) is 11.1 Å². The molecule has 5 nitrogen and oxygen atoms in total. The third-order valence-electron chi connectivity index (χ3n) is 2.49. The second-order valence-corrected chi connectivity index (χ2v) is 5.25. The molecule has 1 N–H and O–H groups in total. The highest BCUT2D eigenvalue weighted by molar-refractivity contribution is 9.10. The van der Waals surface area contributed by atoms with Crippen molar-refractivity contribution in [1.82, 2.24) is 20.1 Å². The molecule has 0 radical (unpaired) electrons. The minimum absolute atomic E-state index is 0.193. The van der Waals surface area contributed by atoms with Gasteiger partial charge in [0.25, 0.3) is 5.91 Å². The first kappa shape index (κ1) is 14.0. The first-order valence-electron chi connectivity index (χ1n) is 5.64. The van der Waals surface area contributed by atoms with E-state index in [0.717, 1.165) is 5.69 Å². The van der Waals surface area contributed by atoms with Gasteiger partial charge in [-0.25, -0.2) is 4.98 Å². The zero-order chi connectivity index (χ0) is 13.8. The minimum atomic E-state index is -0.241. The summed E-state index contributed by atoms with van der Waals surface area (Å²) in [6.07, 6.45) is 4.09. The van der Waals surface area contributed by atoms with Crippen LogP contribution in [0.5, 0.6) is 0 Å². The fourth-order valence-corrected chi connectivity index (χ4v) is 2.10. The highest BCUT2D eigenvalue weighted by atomic mass is 79.9. The number of nitrogens with zero attached hydrogens (tertiary/aromatic N) is 3. The molecule has 0 aliphatic rings. The molecule has 0 bridgehead atoms. The third-order valence-corrected chi connectivity index (χ3v) is 3.22. The molecule has 2 rings (SSSR count). The number of rotatable bonds is 4. The molecule has 0 spiro atoms. The largest absolute Gasteiger partial charge is 0.352 e. The predicted molar refractivity (Wildman–Crippen MR) is 76.2 cm³/mol. The maximum Gasteiger partial charge on any atom is 0.254 e. The van der Waals surface area contributed by atoms with Crippen LogP contribution in [-0.4, -0.2) is 27.2 Å². The molecule has 1 amide bonds. The van der Waals surface area contributed by atoms with Gasteiger partial charge in [-0.05, 0) is 28.1 Å². The summed E-state index contributed by atoms with van der Waals surface area (Å²) in [4.78, 5) is 15.8. The number of carbonyl (C=O) groups excluding carboxylic acids is 1. The van der Waals surface area contributed by atoms with Crippen LogP contribution < -0.4 is 5.32 Å². The number of hydrogen-bond donors (Lipinski definition) is 1. The summed E-state index contributed by atoms with van der Waals surface area (Å²) in [5.74, 6) is -0.241. The van der Waals surface area contributed by atoms with Crippen LogP contribution in [0.15, 0.2) is 29.0 Å². The highest BCUT2D eigenvalue weighted by Gasteiger charge is 2.11. The summed E-state index contributed by atoms with van der Waals surface area (Å²) in [6, 6.07) is 3.56. The molecule has 0 aromatic carbocycles. The topological polar surface area (TPSA) is 59.8 Å². The fourth-order valence-electron chi connectivity index (χ4n) is 1.58. The highest BCUT2D eigenvalue weighted by Crippen LogP contribution is 2.17. The average Bonchev–Trinajstić information content (AvgIpc) is 2.78. The van der Waals surface area contributed by atoms with Crippen LogP contribution in [0.1, 0.15) is 16.1 Å². The average molecular weight is 344 g/mol. The third kappa shape index (κ3) is 3.78. The lowest BCUT2D eigenvalue weighted by Crippen LogP contribution is -2.26. The van der Waals surface area contributed by atoms with Gasteiger partial charge < -0.3 is 5.32 Å². The van der Waals surface area contributed by atoms with Gasteiger partial charge in [0.2, 0.25) is 0 Å². The van der Waals surface area contributed by atoms with Gasteiger partial charge in [0.05, 0.1) is 11.3 Å². The van der Waals surface area contributed by atoms with Crippen LogP contribution in [0.3, 0.4) is 0 Å². The molecule has 0 aliphatic heterocycles. The second-order valence-electron chi connectivity index (χ2n) is 3.98. The Morgan fingerprint density at radius 3 is 3.05 bits per heavy atom. The van der Waals surface area contributed by atoms with E-state index in [2.05, 4.69) is 31.3 Å². The van der Waals surface area contributed by atoms with Crippen LogP contribution in [0.4, 0.5) is 0 Å². The molecule has 0 unspecified atom stereocenters. The van der Waals surface area contributed by atoms with E-state index >= 15 is 0 Å². The van der Waals surface area contributed by atoms with Crippen LogP contribution in [-0.2, 0) is 13.5 Å². The normalized spacial score (nSPS) is 10.5. The molecule has 0 aliphatic carbocycles. The van der Waals surface area contributed by atoms with E-state index in [1.165, 1.54) is 0 Å². The lowest BCUT2D eigenvalue weighted by atomic mass is 10.2. The van der Waals surface area contributed by atoms with Crippen molar-refractivity contribution in [2.75, 3.05) is 6.54 Å². The lowest BCUT2D eigenvalue weighted by Gasteiger charge is -2.05. The van der Waals surface area contributed by atoms with Gasteiger partial charge in [-0.15, -0.1) is 0 Å². The van der Waals surface area contributed by atoms with Crippen molar-refractivity contribution >= 4 is 33.4 Å². The lowest BCUT2D eigenvalue weighted by molar-refractivity contribution is 0.0954. The predicted octanol–water partition coefficient (Wildman–Crippen LogP) is 2.20. The van der Waals surface area contributed by atoms with Gasteiger partial charge in [0, 0.05) is 36.9 Å². The van der Waals surface area contributed by atoms with Crippen molar-refractivity contribution in [3.8, 4) is 0 Å². The molecule has 2 aromatic heterocycles. The Hall–Kier alpha value is -1.40. The van der Waals surface area contributed by atoms with Crippen LogP contribution in [0.2, 0.25) is 5.15 Å². The number of aromatic nitrogens is 3. The molecule has 2 heterocycles. The second kappa shape index (κ2) is 6.16. The van der Waals surface area contributed by atoms with Crippen LogP contribution in [0, 0.1) is 0 Å². The maximum atomic E-state index is 11.9. The zero-order valence-corrected chi connectivity index (χ0v) is 12.6. The van der Waals surface area contributed by atoms with Gasteiger partial charge in [-0.2, -0.15) is 5.10 Å². The molecule has 0 fully saturated rings. The molecule has 0 saturated carbocycles. The number of hydrogen-bond acceptors (Lipinski definition) is 3. The summed E-state index contributed by atoms with van der Waals surface area (Å²) in [5.41, 5.74) is 1.29. The van der Waals surface area contributed by atoms with Gasteiger partial charge in [0.15, 0.2) is 0 Å². The van der Waals surface area contributed by atoms with Crippen molar-refractivity contribution in [3.05, 3.63) is 45.4 Å². The van der Waals surface area contributed by atoms with Crippen LogP contribution in [0.25, 0.3) is 0 Å². The summed E-state index contributed by atoms with van der Waals surface area (Å²) in [7, 11) is 1.86. The van der Waals surface area contributed by atoms with Gasteiger partial charge >= 0.3 is 0 Å². The van der Waals surface area contributed by atoms with E-state index in [1.807, 2.05) is 19.3 Å². The Balaban J connectivity index is 1.92. The molecular weight excluding hydrogens is 332 g/mol. The van der Waals surface area contributed by atoms with Gasteiger partial charge in [-0.1, -0.05) is 11.6 Å². The van der Waals surface area contributed by atoms with Crippen molar-refractivity contribution < 1.29 is 4.79 Å². The van der Waals surface area contributed by atoms with Crippen molar-refractivity contribution in [2.45, 2.75) is 6.42 Å². The van der Waals surface area contributed by atoms with Crippen LogP contribution >= 0.6 is 27.5 Å². The number of pyridine rings is 1. The molecule has 0 atom stereocenters. The number of carbonyl (C=O) groups is 1. The van der Waals surface area contributed by atoms with Gasteiger partial charge in [-0.3, -0.25) is 9.48 Å². The van der Waals surface area contributed by atoms with E-state index in [4.69, 9.17) is 11.6 Å². The first-order valence-corrected chi connectivity index (χ1v) is 6.81. The Labute approximate surface area is 124 Å². The Bertz CT molecular complexity index is 599. The number of aryl methyl sites for hydroxylation is 1. The summed E-state index contributed by atoms with van der Waals surface area (Å²) < 4.78 is 2.44. The van der Waals surface area contributed by atoms with Crippen molar-refractivity contribution in [3.63, 3.8) is 0 Å². The first-order chi connectivity index (χ1) is 9.06. The molecule has 7 heteroatoms. The molecule has 100 valence electrons. The number of nitrogens with one attached hydrogen (secondary N) is 1.